The van der Waals surface area contributed by atoms with E-state index < -0.39 is 0 Å². The lowest BCUT2D eigenvalue weighted by Gasteiger charge is -2.34. The Kier molecular flexibility index (Phi) is 6.57. The third-order valence-electron chi connectivity index (χ3n) is 7.35. The highest BCUT2D eigenvalue weighted by Gasteiger charge is 2.24. The molecule has 2 aliphatic rings. The van der Waals surface area contributed by atoms with Crippen molar-refractivity contribution in [2.24, 2.45) is 0 Å². The Morgan fingerprint density at radius 1 is 0.973 bits per heavy atom. The van der Waals surface area contributed by atoms with E-state index in [0.717, 1.165) is 80.1 Å². The van der Waals surface area contributed by atoms with Gasteiger partial charge >= 0.3 is 6.03 Å². The third-order valence-corrected chi connectivity index (χ3v) is 7.66. The molecule has 0 bridgehead atoms. The van der Waals surface area contributed by atoms with Crippen LogP contribution in [-0.2, 0) is 0 Å². The second-order valence-corrected chi connectivity index (χ2v) is 10.2. The number of anilines is 4. The number of urea groups is 1. The molecule has 2 amide bonds. The average molecular weight is 516 g/mol. The van der Waals surface area contributed by atoms with Crippen LogP contribution in [0.1, 0.15) is 37.2 Å². The topological polar surface area (TPSA) is 89.2 Å². The highest BCUT2D eigenvalue weighted by Crippen LogP contribution is 2.36. The maximum Gasteiger partial charge on any atom is 0.323 e. The summed E-state index contributed by atoms with van der Waals surface area (Å²) < 4.78 is 0. The number of para-hydroxylation sites is 1. The molecule has 0 aliphatic carbocycles. The second-order valence-electron chi connectivity index (χ2n) is 9.76. The first kappa shape index (κ1) is 23.6. The molecule has 6 rings (SSSR count). The summed E-state index contributed by atoms with van der Waals surface area (Å²) in [5, 5.41) is 7.59. The molecule has 9 heteroatoms. The summed E-state index contributed by atoms with van der Waals surface area (Å²) in [6, 6.07) is 15.6. The first-order chi connectivity index (χ1) is 18.2. The lowest BCUT2D eigenvalue weighted by atomic mass is 9.90. The molecule has 2 fully saturated rings. The van der Waals surface area contributed by atoms with Gasteiger partial charge in [0.25, 0.3) is 0 Å². The second kappa shape index (κ2) is 10.3. The number of fused-ring (bicyclic) bond motifs is 1. The average Bonchev–Trinajstić information content (AvgIpc) is 3.63. The zero-order valence-electron chi connectivity index (χ0n) is 20.6. The summed E-state index contributed by atoms with van der Waals surface area (Å²) in [5.74, 6) is 1.31. The molecule has 4 aromatic rings. The van der Waals surface area contributed by atoms with Crippen molar-refractivity contribution in [2.45, 2.75) is 31.6 Å². The summed E-state index contributed by atoms with van der Waals surface area (Å²) in [6.07, 6.45) is 7.99. The van der Waals surface area contributed by atoms with Gasteiger partial charge in [-0.05, 0) is 61.6 Å². The largest absolute Gasteiger partial charge is 0.370 e. The number of amides is 2. The Morgan fingerprint density at radius 2 is 1.81 bits per heavy atom. The standard InChI is InChI=1S/C28H30ClN7O/c29-23-9-4-10-24(35-13-1-2-14-35)25(23)34-28(37)33-21-8-3-6-19(16-21)20-7-5-15-36(17-20)27-22-11-12-30-26(22)31-18-32-27/h3-4,6,8-12,16,18,20H,1-2,5,7,13-15,17H2,(H,30,31,32)(H2,33,34,37). The van der Waals surface area contributed by atoms with E-state index >= 15 is 0 Å². The van der Waals surface area contributed by atoms with E-state index in [1.54, 1.807) is 6.33 Å². The minimum atomic E-state index is -0.299. The van der Waals surface area contributed by atoms with Gasteiger partial charge in [-0.1, -0.05) is 29.8 Å². The molecule has 37 heavy (non-hydrogen) atoms. The van der Waals surface area contributed by atoms with Gasteiger partial charge in [-0.3, -0.25) is 0 Å². The molecule has 1 atom stereocenters. The van der Waals surface area contributed by atoms with Crippen molar-refractivity contribution in [3.63, 3.8) is 0 Å². The normalized spacial score (nSPS) is 17.8. The van der Waals surface area contributed by atoms with Crippen LogP contribution in [0.25, 0.3) is 11.0 Å². The quantitative estimate of drug-likeness (QED) is 0.293. The SMILES string of the molecule is O=C(Nc1cccc(C2CCCN(c3ncnc4[nH]ccc34)C2)c1)Nc1c(Cl)cccc1N1CCCC1. The van der Waals surface area contributed by atoms with E-state index in [1.807, 2.05) is 42.6 Å². The molecule has 4 heterocycles. The Bertz CT molecular complexity index is 1410. The number of hydrogen-bond acceptors (Lipinski definition) is 5. The number of aromatic nitrogens is 3. The van der Waals surface area contributed by atoms with Gasteiger partial charge < -0.3 is 25.4 Å². The van der Waals surface area contributed by atoms with E-state index in [2.05, 4.69) is 47.5 Å². The van der Waals surface area contributed by atoms with E-state index in [9.17, 15) is 4.79 Å². The maximum absolute atomic E-state index is 13.0. The van der Waals surface area contributed by atoms with Gasteiger partial charge in [0.1, 0.15) is 17.8 Å². The molecule has 0 radical (unpaired) electrons. The number of piperidine rings is 1. The number of nitrogens with one attached hydrogen (secondary N) is 3. The lowest BCUT2D eigenvalue weighted by molar-refractivity contribution is 0.262. The molecule has 1 unspecified atom stereocenters. The van der Waals surface area contributed by atoms with Crippen molar-refractivity contribution < 1.29 is 4.79 Å². The monoisotopic (exact) mass is 515 g/mol. The van der Waals surface area contributed by atoms with Crippen LogP contribution in [0.4, 0.5) is 27.7 Å². The number of aromatic amines is 1. The van der Waals surface area contributed by atoms with E-state index in [-0.39, 0.29) is 6.03 Å². The Labute approximate surface area is 221 Å². The number of carbonyl (C=O) groups excluding carboxylic acids is 1. The van der Waals surface area contributed by atoms with Gasteiger partial charge in [0.05, 0.1) is 21.8 Å². The van der Waals surface area contributed by atoms with Crippen LogP contribution < -0.4 is 20.4 Å². The Balaban J connectivity index is 1.16. The number of carbonyl (C=O) groups is 1. The first-order valence-corrected chi connectivity index (χ1v) is 13.3. The Hall–Kier alpha value is -3.78. The predicted molar refractivity (Wildman–Crippen MR) is 150 cm³/mol. The van der Waals surface area contributed by atoms with Gasteiger partial charge in [0.15, 0.2) is 0 Å². The van der Waals surface area contributed by atoms with Gasteiger partial charge in [-0.25, -0.2) is 14.8 Å². The molecule has 8 nitrogen and oxygen atoms in total. The highest BCUT2D eigenvalue weighted by atomic mass is 35.5. The van der Waals surface area contributed by atoms with Crippen LogP contribution in [0.5, 0.6) is 0 Å². The van der Waals surface area contributed by atoms with Gasteiger partial charge in [-0.2, -0.15) is 0 Å². The van der Waals surface area contributed by atoms with Crippen molar-refractivity contribution >= 4 is 51.5 Å². The van der Waals surface area contributed by atoms with Crippen LogP contribution in [0.15, 0.2) is 61.1 Å². The van der Waals surface area contributed by atoms with E-state index in [0.29, 0.717) is 16.6 Å². The van der Waals surface area contributed by atoms with Gasteiger partial charge in [0, 0.05) is 44.0 Å². The van der Waals surface area contributed by atoms with Crippen LogP contribution >= 0.6 is 11.6 Å². The molecule has 2 saturated heterocycles. The molecule has 2 aliphatic heterocycles. The van der Waals surface area contributed by atoms with Crippen molar-refractivity contribution in [3.05, 3.63) is 71.6 Å². The van der Waals surface area contributed by atoms with Crippen LogP contribution in [0.2, 0.25) is 5.02 Å². The summed E-state index contributed by atoms with van der Waals surface area (Å²) in [5.41, 5.74) is 4.45. The maximum atomic E-state index is 13.0. The third kappa shape index (κ3) is 4.93. The lowest BCUT2D eigenvalue weighted by Crippen LogP contribution is -2.35. The van der Waals surface area contributed by atoms with Crippen molar-refractivity contribution in [3.8, 4) is 0 Å². The van der Waals surface area contributed by atoms with Gasteiger partial charge in [0.2, 0.25) is 0 Å². The van der Waals surface area contributed by atoms with Crippen molar-refractivity contribution in [1.82, 2.24) is 15.0 Å². The number of nitrogens with zero attached hydrogens (tertiary/aromatic N) is 4. The summed E-state index contributed by atoms with van der Waals surface area (Å²) in [6.45, 7) is 3.78. The number of benzene rings is 2. The van der Waals surface area contributed by atoms with Crippen molar-refractivity contribution in [1.29, 1.82) is 0 Å². The van der Waals surface area contributed by atoms with Gasteiger partial charge in [-0.15, -0.1) is 0 Å². The summed E-state index contributed by atoms with van der Waals surface area (Å²) in [4.78, 5) is 29.7. The molecule has 3 N–H and O–H groups in total. The summed E-state index contributed by atoms with van der Waals surface area (Å²) in [7, 11) is 0. The smallest absolute Gasteiger partial charge is 0.323 e. The number of rotatable bonds is 5. The minimum Gasteiger partial charge on any atom is -0.370 e. The molecule has 2 aromatic carbocycles. The van der Waals surface area contributed by atoms with Crippen LogP contribution in [0, 0.1) is 0 Å². The number of hydrogen-bond donors (Lipinski definition) is 3. The predicted octanol–water partition coefficient (Wildman–Crippen LogP) is 6.24. The molecule has 0 saturated carbocycles. The zero-order valence-corrected chi connectivity index (χ0v) is 21.3. The van der Waals surface area contributed by atoms with E-state index in [1.165, 1.54) is 5.56 Å². The molecular formula is C28H30ClN7O. The van der Waals surface area contributed by atoms with E-state index in [4.69, 9.17) is 11.6 Å². The zero-order chi connectivity index (χ0) is 25.2. The fourth-order valence-electron chi connectivity index (χ4n) is 5.56. The molecule has 2 aromatic heterocycles. The van der Waals surface area contributed by atoms with Crippen LogP contribution in [0.3, 0.4) is 0 Å². The minimum absolute atomic E-state index is 0.299. The fourth-order valence-corrected chi connectivity index (χ4v) is 5.77. The van der Waals surface area contributed by atoms with Crippen molar-refractivity contribution in [2.75, 3.05) is 46.6 Å². The number of H-pyrrole nitrogens is 1. The molecule has 190 valence electrons. The first-order valence-electron chi connectivity index (χ1n) is 12.9. The fraction of sp³-hybridized carbons (Fsp3) is 0.321. The Morgan fingerprint density at radius 3 is 2.70 bits per heavy atom. The summed E-state index contributed by atoms with van der Waals surface area (Å²) >= 11 is 6.49. The molecule has 0 spiro atoms. The molecular weight excluding hydrogens is 486 g/mol. The number of halogens is 1. The van der Waals surface area contributed by atoms with Crippen LogP contribution in [-0.4, -0.2) is 47.2 Å². The highest BCUT2D eigenvalue weighted by molar-refractivity contribution is 6.34.